The van der Waals surface area contributed by atoms with Gasteiger partial charge in [-0.2, -0.15) is 0 Å². The first-order valence-corrected chi connectivity index (χ1v) is 7.82. The molecule has 0 saturated carbocycles. The van der Waals surface area contributed by atoms with Gasteiger partial charge in [0, 0.05) is 18.7 Å². The van der Waals surface area contributed by atoms with Gasteiger partial charge in [-0.05, 0) is 31.6 Å². The molecule has 1 aromatic rings. The Morgan fingerprint density at radius 2 is 2.09 bits per heavy atom. The van der Waals surface area contributed by atoms with E-state index in [1.807, 2.05) is 55.5 Å². The summed E-state index contributed by atoms with van der Waals surface area (Å²) in [6.07, 6.45) is 6.27. The molecule has 23 heavy (non-hydrogen) atoms. The van der Waals surface area contributed by atoms with Gasteiger partial charge in [0.05, 0.1) is 6.61 Å². The molecule has 5 nitrogen and oxygen atoms in total. The first kappa shape index (κ1) is 17.2. The van der Waals surface area contributed by atoms with Crippen LogP contribution in [0.3, 0.4) is 0 Å². The van der Waals surface area contributed by atoms with Gasteiger partial charge < -0.3 is 20.5 Å². The third kappa shape index (κ3) is 4.94. The minimum absolute atomic E-state index is 0.388. The van der Waals surface area contributed by atoms with Crippen LogP contribution in [0.15, 0.2) is 54.3 Å². The standard InChI is InChI=1S/C18H24N2O3/c1-3-22-18(23-13-15-7-5-4-6-8-15)11-9-16(10-12-18)20-14(2)17(19)21/h4-11,14,20H,3,12-13H2,1-2H3,(H2,19,21). The summed E-state index contributed by atoms with van der Waals surface area (Å²) < 4.78 is 11.8. The molecule has 0 spiro atoms. The SMILES string of the molecule is CCOC1(OCc2ccccc2)C=CC(NC(C)C(N)=O)=CC1. The predicted octanol–water partition coefficient (Wildman–Crippen LogP) is 2.24. The van der Waals surface area contributed by atoms with Crippen LogP contribution in [-0.2, 0) is 20.9 Å². The number of primary amides is 1. The molecule has 124 valence electrons. The molecule has 2 atom stereocenters. The molecule has 5 heteroatoms. The first-order chi connectivity index (χ1) is 11.0. The maximum atomic E-state index is 11.1. The Hall–Kier alpha value is -2.11. The second kappa shape index (κ2) is 7.94. The molecule has 2 rings (SSSR count). The largest absolute Gasteiger partial charge is 0.374 e. The smallest absolute Gasteiger partial charge is 0.239 e. The number of nitrogens with one attached hydrogen (secondary N) is 1. The van der Waals surface area contributed by atoms with Crippen molar-refractivity contribution in [1.82, 2.24) is 5.32 Å². The van der Waals surface area contributed by atoms with Gasteiger partial charge in [-0.15, -0.1) is 0 Å². The molecule has 2 unspecified atom stereocenters. The van der Waals surface area contributed by atoms with Crippen molar-refractivity contribution >= 4 is 5.91 Å². The van der Waals surface area contributed by atoms with E-state index in [4.69, 9.17) is 15.2 Å². The summed E-state index contributed by atoms with van der Waals surface area (Å²) in [5, 5.41) is 3.06. The lowest BCUT2D eigenvalue weighted by molar-refractivity contribution is -0.207. The number of ether oxygens (including phenoxy) is 2. The van der Waals surface area contributed by atoms with Crippen molar-refractivity contribution in [2.75, 3.05) is 6.61 Å². The van der Waals surface area contributed by atoms with Gasteiger partial charge in [-0.3, -0.25) is 4.79 Å². The molecule has 1 aromatic carbocycles. The van der Waals surface area contributed by atoms with Crippen LogP contribution < -0.4 is 11.1 Å². The van der Waals surface area contributed by atoms with Crippen LogP contribution in [0.1, 0.15) is 25.8 Å². The van der Waals surface area contributed by atoms with Crippen molar-refractivity contribution in [1.29, 1.82) is 0 Å². The third-order valence-electron chi connectivity index (χ3n) is 3.65. The summed E-state index contributed by atoms with van der Waals surface area (Å²) >= 11 is 0. The predicted molar refractivity (Wildman–Crippen MR) is 89.2 cm³/mol. The molecular formula is C18H24N2O3. The fourth-order valence-corrected chi connectivity index (χ4v) is 2.31. The molecule has 1 amide bonds. The molecule has 0 aliphatic heterocycles. The molecule has 0 bridgehead atoms. The number of carbonyl (C=O) groups is 1. The quantitative estimate of drug-likeness (QED) is 0.721. The Labute approximate surface area is 137 Å². The molecule has 3 N–H and O–H groups in total. The van der Waals surface area contributed by atoms with Crippen molar-refractivity contribution in [3.05, 3.63) is 59.8 Å². The Balaban J connectivity index is 1.99. The number of allylic oxidation sites excluding steroid dienone is 1. The highest BCUT2D eigenvalue weighted by Crippen LogP contribution is 2.27. The van der Waals surface area contributed by atoms with Crippen LogP contribution in [0.4, 0.5) is 0 Å². The van der Waals surface area contributed by atoms with E-state index in [9.17, 15) is 4.79 Å². The van der Waals surface area contributed by atoms with Crippen LogP contribution >= 0.6 is 0 Å². The summed E-state index contributed by atoms with van der Waals surface area (Å²) in [7, 11) is 0. The van der Waals surface area contributed by atoms with Gasteiger partial charge in [0.15, 0.2) is 5.79 Å². The summed E-state index contributed by atoms with van der Waals surface area (Å²) in [6, 6.07) is 9.55. The van der Waals surface area contributed by atoms with E-state index in [0.717, 1.165) is 11.3 Å². The highest BCUT2D eigenvalue weighted by Gasteiger charge is 2.30. The lowest BCUT2D eigenvalue weighted by Crippen LogP contribution is -2.40. The van der Waals surface area contributed by atoms with E-state index in [1.165, 1.54) is 0 Å². The summed E-state index contributed by atoms with van der Waals surface area (Å²) in [6.45, 7) is 4.69. The van der Waals surface area contributed by atoms with E-state index in [1.54, 1.807) is 6.92 Å². The fourth-order valence-electron chi connectivity index (χ4n) is 2.31. The van der Waals surface area contributed by atoms with Crippen molar-refractivity contribution in [2.45, 2.75) is 38.7 Å². The Morgan fingerprint density at radius 1 is 1.35 bits per heavy atom. The monoisotopic (exact) mass is 316 g/mol. The second-order valence-electron chi connectivity index (χ2n) is 5.48. The average molecular weight is 316 g/mol. The normalized spacial score (nSPS) is 21.6. The Bertz CT molecular complexity index is 583. The van der Waals surface area contributed by atoms with Crippen LogP contribution in [0.25, 0.3) is 0 Å². The molecule has 0 heterocycles. The number of amides is 1. The zero-order chi connectivity index (χ0) is 16.7. The molecule has 0 radical (unpaired) electrons. The summed E-state index contributed by atoms with van der Waals surface area (Å²) in [5.41, 5.74) is 7.20. The highest BCUT2D eigenvalue weighted by molar-refractivity contribution is 5.79. The number of nitrogens with two attached hydrogens (primary N) is 1. The van der Waals surface area contributed by atoms with Gasteiger partial charge in [0.1, 0.15) is 6.04 Å². The topological polar surface area (TPSA) is 73.6 Å². The second-order valence-corrected chi connectivity index (χ2v) is 5.48. The molecular weight excluding hydrogens is 292 g/mol. The molecule has 0 fully saturated rings. The van der Waals surface area contributed by atoms with E-state index in [2.05, 4.69) is 5.32 Å². The molecule has 1 aliphatic carbocycles. The minimum Gasteiger partial charge on any atom is -0.374 e. The average Bonchev–Trinajstić information content (AvgIpc) is 2.56. The molecule has 1 aliphatic rings. The van der Waals surface area contributed by atoms with Crippen molar-refractivity contribution < 1.29 is 14.3 Å². The van der Waals surface area contributed by atoms with Gasteiger partial charge in [-0.1, -0.05) is 36.4 Å². The van der Waals surface area contributed by atoms with Crippen molar-refractivity contribution in [3.8, 4) is 0 Å². The van der Waals surface area contributed by atoms with E-state index >= 15 is 0 Å². The van der Waals surface area contributed by atoms with E-state index in [0.29, 0.717) is 19.6 Å². The number of hydrogen-bond donors (Lipinski definition) is 2. The molecule has 0 aromatic heterocycles. The zero-order valence-corrected chi connectivity index (χ0v) is 13.6. The van der Waals surface area contributed by atoms with Crippen molar-refractivity contribution in [2.24, 2.45) is 5.73 Å². The van der Waals surface area contributed by atoms with Gasteiger partial charge in [0.25, 0.3) is 0 Å². The van der Waals surface area contributed by atoms with Gasteiger partial charge in [-0.25, -0.2) is 0 Å². The Morgan fingerprint density at radius 3 is 2.65 bits per heavy atom. The first-order valence-electron chi connectivity index (χ1n) is 7.82. The number of benzene rings is 1. The zero-order valence-electron chi connectivity index (χ0n) is 13.6. The van der Waals surface area contributed by atoms with Gasteiger partial charge >= 0.3 is 0 Å². The third-order valence-corrected chi connectivity index (χ3v) is 3.65. The maximum absolute atomic E-state index is 11.1. The van der Waals surface area contributed by atoms with Crippen molar-refractivity contribution in [3.63, 3.8) is 0 Å². The summed E-state index contributed by atoms with van der Waals surface area (Å²) in [4.78, 5) is 11.1. The highest BCUT2D eigenvalue weighted by atomic mass is 16.7. The van der Waals surface area contributed by atoms with E-state index in [-0.39, 0.29) is 5.91 Å². The minimum atomic E-state index is -0.772. The van der Waals surface area contributed by atoms with Crippen LogP contribution in [0, 0.1) is 0 Å². The van der Waals surface area contributed by atoms with Crippen LogP contribution in [0.2, 0.25) is 0 Å². The fraction of sp³-hybridized carbons (Fsp3) is 0.389. The van der Waals surface area contributed by atoms with Gasteiger partial charge in [0.2, 0.25) is 5.91 Å². The number of rotatable bonds is 8. The number of hydrogen-bond acceptors (Lipinski definition) is 4. The maximum Gasteiger partial charge on any atom is 0.239 e. The lowest BCUT2D eigenvalue weighted by atomic mass is 10.0. The van der Waals surface area contributed by atoms with E-state index < -0.39 is 11.8 Å². The number of carbonyl (C=O) groups excluding carboxylic acids is 1. The Kier molecular flexibility index (Phi) is 5.96. The molecule has 0 saturated heterocycles. The summed E-state index contributed by atoms with van der Waals surface area (Å²) in [5.74, 6) is -1.16. The van der Waals surface area contributed by atoms with Crippen LogP contribution in [-0.4, -0.2) is 24.3 Å². The van der Waals surface area contributed by atoms with Crippen LogP contribution in [0.5, 0.6) is 0 Å². The lowest BCUT2D eigenvalue weighted by Gasteiger charge is -2.32.